The highest BCUT2D eigenvalue weighted by Crippen LogP contribution is 2.39. The number of para-hydroxylation sites is 1. The van der Waals surface area contributed by atoms with Gasteiger partial charge >= 0.3 is 0 Å². The van der Waals surface area contributed by atoms with Crippen molar-refractivity contribution in [1.29, 1.82) is 0 Å². The van der Waals surface area contributed by atoms with Crippen molar-refractivity contribution in [3.8, 4) is 11.5 Å². The number of likely N-dealkylation sites (tertiary alicyclic amines) is 1. The van der Waals surface area contributed by atoms with Crippen molar-refractivity contribution in [3.05, 3.63) is 23.8 Å². The van der Waals surface area contributed by atoms with E-state index < -0.39 is 0 Å². The Labute approximate surface area is 122 Å². The smallest absolute Gasteiger partial charge is 0.162 e. The van der Waals surface area contributed by atoms with Crippen molar-refractivity contribution in [2.24, 2.45) is 5.41 Å². The quantitative estimate of drug-likeness (QED) is 0.858. The van der Waals surface area contributed by atoms with Crippen LogP contribution in [0.15, 0.2) is 18.2 Å². The van der Waals surface area contributed by atoms with Gasteiger partial charge in [0.2, 0.25) is 0 Å². The van der Waals surface area contributed by atoms with Crippen LogP contribution in [0.4, 0.5) is 0 Å². The lowest BCUT2D eigenvalue weighted by atomic mass is 9.82. The average molecular weight is 277 g/mol. The second-order valence-electron chi connectivity index (χ2n) is 5.86. The van der Waals surface area contributed by atoms with Crippen LogP contribution in [0, 0.1) is 5.41 Å². The van der Waals surface area contributed by atoms with Crippen LogP contribution in [0.5, 0.6) is 11.5 Å². The van der Waals surface area contributed by atoms with Gasteiger partial charge in [-0.05, 0) is 44.2 Å². The number of benzene rings is 1. The Bertz CT molecular complexity index is 441. The first-order valence-electron chi connectivity index (χ1n) is 7.80. The number of phenols is 1. The van der Waals surface area contributed by atoms with E-state index in [2.05, 4.69) is 18.7 Å². The van der Waals surface area contributed by atoms with Gasteiger partial charge in [0.1, 0.15) is 0 Å². The predicted octanol–water partition coefficient (Wildman–Crippen LogP) is 3.80. The molecule has 0 aliphatic carbocycles. The Morgan fingerprint density at radius 2 is 2.00 bits per heavy atom. The first-order chi connectivity index (χ1) is 9.64. The first kappa shape index (κ1) is 15.2. The van der Waals surface area contributed by atoms with Crippen LogP contribution in [-0.2, 0) is 6.54 Å². The monoisotopic (exact) mass is 277 g/mol. The van der Waals surface area contributed by atoms with Crippen LogP contribution in [0.2, 0.25) is 0 Å². The lowest BCUT2D eigenvalue weighted by molar-refractivity contribution is 0.234. The van der Waals surface area contributed by atoms with E-state index in [1.807, 2.05) is 25.1 Å². The van der Waals surface area contributed by atoms with E-state index in [1.54, 1.807) is 0 Å². The SMILES string of the molecule is CCOc1cccc(CN2CCC(CC)(CC)C2)c1O. The summed E-state index contributed by atoms with van der Waals surface area (Å²) in [5.74, 6) is 0.904. The number of hydrogen-bond donors (Lipinski definition) is 1. The average Bonchev–Trinajstić information content (AvgIpc) is 2.87. The molecule has 0 saturated carbocycles. The zero-order valence-corrected chi connectivity index (χ0v) is 13.0. The molecule has 0 atom stereocenters. The third-order valence-electron chi connectivity index (χ3n) is 4.79. The van der Waals surface area contributed by atoms with E-state index in [0.717, 1.165) is 25.2 Å². The lowest BCUT2D eigenvalue weighted by Gasteiger charge is -2.26. The zero-order chi connectivity index (χ0) is 14.6. The van der Waals surface area contributed by atoms with E-state index >= 15 is 0 Å². The van der Waals surface area contributed by atoms with Crippen LogP contribution in [0.25, 0.3) is 0 Å². The largest absolute Gasteiger partial charge is 0.504 e. The van der Waals surface area contributed by atoms with Crippen molar-refractivity contribution in [3.63, 3.8) is 0 Å². The van der Waals surface area contributed by atoms with Crippen molar-refractivity contribution in [1.82, 2.24) is 4.90 Å². The normalized spacial score (nSPS) is 18.4. The van der Waals surface area contributed by atoms with Gasteiger partial charge in [-0.25, -0.2) is 0 Å². The summed E-state index contributed by atoms with van der Waals surface area (Å²) in [5.41, 5.74) is 1.45. The maximum absolute atomic E-state index is 10.3. The van der Waals surface area contributed by atoms with E-state index in [9.17, 15) is 5.11 Å². The molecule has 0 unspecified atom stereocenters. The molecule has 1 aromatic rings. The highest BCUT2D eigenvalue weighted by Gasteiger charge is 2.34. The molecule has 0 amide bonds. The molecule has 0 bridgehead atoms. The molecule has 0 spiro atoms. The van der Waals surface area contributed by atoms with Gasteiger partial charge in [-0.3, -0.25) is 4.90 Å². The summed E-state index contributed by atoms with van der Waals surface area (Å²) in [4.78, 5) is 2.46. The van der Waals surface area contributed by atoms with Gasteiger partial charge in [0.15, 0.2) is 11.5 Å². The Hall–Kier alpha value is -1.22. The summed E-state index contributed by atoms with van der Waals surface area (Å²) in [6.07, 6.45) is 3.75. The van der Waals surface area contributed by atoms with Crippen molar-refractivity contribution < 1.29 is 9.84 Å². The fourth-order valence-corrected chi connectivity index (χ4v) is 3.20. The maximum Gasteiger partial charge on any atom is 0.162 e. The van der Waals surface area contributed by atoms with Crippen LogP contribution in [0.3, 0.4) is 0 Å². The van der Waals surface area contributed by atoms with Crippen LogP contribution < -0.4 is 4.74 Å². The van der Waals surface area contributed by atoms with E-state index in [4.69, 9.17) is 4.74 Å². The van der Waals surface area contributed by atoms with Gasteiger partial charge in [0.05, 0.1) is 6.61 Å². The zero-order valence-electron chi connectivity index (χ0n) is 13.0. The number of phenolic OH excluding ortho intramolecular Hbond substituents is 1. The summed E-state index contributed by atoms with van der Waals surface area (Å²) in [7, 11) is 0. The summed E-state index contributed by atoms with van der Waals surface area (Å²) >= 11 is 0. The Morgan fingerprint density at radius 3 is 2.60 bits per heavy atom. The van der Waals surface area contributed by atoms with Crippen LogP contribution in [0.1, 0.15) is 45.6 Å². The van der Waals surface area contributed by atoms with Gasteiger partial charge < -0.3 is 9.84 Å². The minimum atomic E-state index is 0.305. The Morgan fingerprint density at radius 1 is 1.25 bits per heavy atom. The molecule has 0 aromatic heterocycles. The highest BCUT2D eigenvalue weighted by molar-refractivity contribution is 5.45. The minimum Gasteiger partial charge on any atom is -0.504 e. The standard InChI is InChI=1S/C17H27NO2/c1-4-17(5-2)10-11-18(13-17)12-14-8-7-9-15(16(14)19)20-6-3/h7-9,19H,4-6,10-13H2,1-3H3. The Balaban J connectivity index is 2.06. The summed E-state index contributed by atoms with van der Waals surface area (Å²) in [6, 6.07) is 5.79. The Kier molecular flexibility index (Phi) is 4.92. The fraction of sp³-hybridized carbons (Fsp3) is 0.647. The molecule has 2 rings (SSSR count). The molecule has 0 radical (unpaired) electrons. The van der Waals surface area contributed by atoms with Gasteiger partial charge in [-0.15, -0.1) is 0 Å². The molecule has 1 N–H and O–H groups in total. The molecule has 1 fully saturated rings. The number of ether oxygens (including phenoxy) is 1. The third-order valence-corrected chi connectivity index (χ3v) is 4.79. The van der Waals surface area contributed by atoms with Gasteiger partial charge in [0.25, 0.3) is 0 Å². The fourth-order valence-electron chi connectivity index (χ4n) is 3.20. The van der Waals surface area contributed by atoms with Crippen LogP contribution in [-0.4, -0.2) is 29.7 Å². The number of aromatic hydroxyl groups is 1. The molecule has 20 heavy (non-hydrogen) atoms. The van der Waals surface area contributed by atoms with Gasteiger partial charge in [-0.2, -0.15) is 0 Å². The number of hydrogen-bond acceptors (Lipinski definition) is 3. The van der Waals surface area contributed by atoms with E-state index in [1.165, 1.54) is 19.3 Å². The van der Waals surface area contributed by atoms with Crippen LogP contribution >= 0.6 is 0 Å². The summed E-state index contributed by atoms with van der Waals surface area (Å²) < 4.78 is 5.46. The molecule has 112 valence electrons. The summed E-state index contributed by atoms with van der Waals surface area (Å²) in [6.45, 7) is 10.2. The second kappa shape index (κ2) is 6.49. The van der Waals surface area contributed by atoms with Crippen molar-refractivity contribution in [2.45, 2.75) is 46.6 Å². The molecular formula is C17H27NO2. The third kappa shape index (κ3) is 3.09. The van der Waals surface area contributed by atoms with E-state index in [-0.39, 0.29) is 0 Å². The molecule has 1 aliphatic rings. The summed E-state index contributed by atoms with van der Waals surface area (Å²) in [5, 5.41) is 10.3. The molecule has 1 heterocycles. The van der Waals surface area contributed by atoms with Gasteiger partial charge in [-0.1, -0.05) is 26.0 Å². The predicted molar refractivity (Wildman–Crippen MR) is 82.2 cm³/mol. The minimum absolute atomic E-state index is 0.305. The molecular weight excluding hydrogens is 250 g/mol. The van der Waals surface area contributed by atoms with E-state index in [0.29, 0.717) is 23.5 Å². The molecule has 1 aliphatic heterocycles. The number of rotatable bonds is 6. The molecule has 3 nitrogen and oxygen atoms in total. The topological polar surface area (TPSA) is 32.7 Å². The second-order valence-corrected chi connectivity index (χ2v) is 5.86. The highest BCUT2D eigenvalue weighted by atomic mass is 16.5. The van der Waals surface area contributed by atoms with Crippen molar-refractivity contribution in [2.75, 3.05) is 19.7 Å². The molecule has 3 heteroatoms. The van der Waals surface area contributed by atoms with Gasteiger partial charge in [0, 0.05) is 18.7 Å². The number of nitrogens with zero attached hydrogens (tertiary/aromatic N) is 1. The molecule has 1 aromatic carbocycles. The maximum atomic E-state index is 10.3. The molecule has 1 saturated heterocycles. The van der Waals surface area contributed by atoms with Crippen molar-refractivity contribution >= 4 is 0 Å². The lowest BCUT2D eigenvalue weighted by Crippen LogP contribution is -2.26. The first-order valence-corrected chi connectivity index (χ1v) is 7.80.